The monoisotopic (exact) mass is 502 g/mol. The smallest absolute Gasteiger partial charge is 0.475 e. The zero-order chi connectivity index (χ0) is 26.0. The Morgan fingerprint density at radius 2 is 1.77 bits per heavy atom. The number of hydrogen-bond donors (Lipinski definition) is 1. The Hall–Kier alpha value is -2.76. The van der Waals surface area contributed by atoms with Crippen LogP contribution in [0.3, 0.4) is 0 Å². The number of furan rings is 1. The lowest BCUT2D eigenvalue weighted by Gasteiger charge is -2.46. The molecular formula is C23H33F3N4O5. The van der Waals surface area contributed by atoms with Crippen molar-refractivity contribution in [2.75, 3.05) is 53.4 Å². The number of piperidine rings is 1. The number of halogens is 3. The van der Waals surface area contributed by atoms with Gasteiger partial charge >= 0.3 is 18.2 Å². The average molecular weight is 503 g/mol. The SMILES string of the molecule is CCN1CCC2(CN(C(=O)N(C)C)CC23CCN(Cc2ccoc2)CC3)C1=O.O=C(O)C(F)(F)F. The number of aliphatic carboxylic acids is 1. The molecule has 3 aliphatic heterocycles. The minimum absolute atomic E-state index is 0.0276. The van der Waals surface area contributed by atoms with Gasteiger partial charge in [-0.25, -0.2) is 9.59 Å². The largest absolute Gasteiger partial charge is 0.490 e. The second kappa shape index (κ2) is 10.1. The molecule has 0 aliphatic carbocycles. The van der Waals surface area contributed by atoms with Crippen LogP contribution in [0.4, 0.5) is 18.0 Å². The van der Waals surface area contributed by atoms with Crippen molar-refractivity contribution in [3.63, 3.8) is 0 Å². The van der Waals surface area contributed by atoms with Crippen LogP contribution in [0.1, 0.15) is 31.7 Å². The van der Waals surface area contributed by atoms with E-state index in [1.165, 1.54) is 5.56 Å². The Balaban J connectivity index is 0.000000429. The summed E-state index contributed by atoms with van der Waals surface area (Å²) in [7, 11) is 3.59. The highest BCUT2D eigenvalue weighted by atomic mass is 19.4. The molecule has 9 nitrogen and oxygen atoms in total. The molecule has 0 radical (unpaired) electrons. The van der Waals surface area contributed by atoms with Crippen molar-refractivity contribution in [1.82, 2.24) is 19.6 Å². The first-order valence-corrected chi connectivity index (χ1v) is 11.6. The van der Waals surface area contributed by atoms with Crippen LogP contribution in [0.5, 0.6) is 0 Å². The molecule has 3 amide bonds. The molecule has 1 unspecified atom stereocenters. The molecule has 1 atom stereocenters. The van der Waals surface area contributed by atoms with E-state index in [2.05, 4.69) is 11.8 Å². The number of hydrogen-bond acceptors (Lipinski definition) is 5. The lowest BCUT2D eigenvalue weighted by atomic mass is 9.60. The molecule has 1 aromatic rings. The van der Waals surface area contributed by atoms with Gasteiger partial charge < -0.3 is 24.2 Å². The summed E-state index contributed by atoms with van der Waals surface area (Å²) < 4.78 is 36.9. The number of nitrogens with zero attached hydrogens (tertiary/aromatic N) is 4. The van der Waals surface area contributed by atoms with Gasteiger partial charge in [-0.1, -0.05) is 0 Å². The molecule has 0 aromatic carbocycles. The minimum atomic E-state index is -5.08. The normalized spacial score (nSPS) is 24.1. The van der Waals surface area contributed by atoms with E-state index in [4.69, 9.17) is 14.3 Å². The fourth-order valence-electron chi connectivity index (χ4n) is 5.68. The highest BCUT2D eigenvalue weighted by molar-refractivity contribution is 5.88. The third kappa shape index (κ3) is 5.26. The van der Waals surface area contributed by atoms with Crippen LogP contribution in [0.25, 0.3) is 0 Å². The van der Waals surface area contributed by atoms with Crippen LogP contribution < -0.4 is 0 Å². The van der Waals surface area contributed by atoms with E-state index in [1.54, 1.807) is 31.5 Å². The molecule has 0 bridgehead atoms. The van der Waals surface area contributed by atoms with Gasteiger partial charge in [-0.05, 0) is 45.3 Å². The maximum Gasteiger partial charge on any atom is 0.490 e. The highest BCUT2D eigenvalue weighted by Gasteiger charge is 2.65. The fraction of sp³-hybridized carbons (Fsp3) is 0.696. The summed E-state index contributed by atoms with van der Waals surface area (Å²) in [4.78, 5) is 43.1. The van der Waals surface area contributed by atoms with Gasteiger partial charge in [0.05, 0.1) is 17.9 Å². The predicted octanol–water partition coefficient (Wildman–Crippen LogP) is 2.73. The molecule has 12 heteroatoms. The number of alkyl halides is 3. The van der Waals surface area contributed by atoms with E-state index in [1.807, 2.05) is 15.9 Å². The molecule has 35 heavy (non-hydrogen) atoms. The lowest BCUT2D eigenvalue weighted by Crippen LogP contribution is -2.52. The van der Waals surface area contributed by atoms with Crippen molar-refractivity contribution >= 4 is 17.9 Å². The second-order valence-corrected chi connectivity index (χ2v) is 9.74. The summed E-state index contributed by atoms with van der Waals surface area (Å²) in [5.74, 6) is -2.49. The van der Waals surface area contributed by atoms with Crippen molar-refractivity contribution in [1.29, 1.82) is 0 Å². The zero-order valence-electron chi connectivity index (χ0n) is 20.3. The third-order valence-corrected chi connectivity index (χ3v) is 7.55. The number of carboxylic acids is 1. The Kier molecular flexibility index (Phi) is 7.73. The fourth-order valence-corrected chi connectivity index (χ4v) is 5.68. The van der Waals surface area contributed by atoms with E-state index in [0.717, 1.165) is 52.0 Å². The number of carbonyl (C=O) groups excluding carboxylic acids is 2. The molecule has 196 valence electrons. The third-order valence-electron chi connectivity index (χ3n) is 7.55. The van der Waals surface area contributed by atoms with Crippen molar-refractivity contribution in [3.8, 4) is 0 Å². The van der Waals surface area contributed by atoms with Crippen molar-refractivity contribution in [2.45, 2.75) is 38.9 Å². The molecule has 3 aliphatic rings. The quantitative estimate of drug-likeness (QED) is 0.683. The highest BCUT2D eigenvalue weighted by Crippen LogP contribution is 2.58. The minimum Gasteiger partial charge on any atom is -0.475 e. The van der Waals surface area contributed by atoms with Crippen LogP contribution in [0, 0.1) is 10.8 Å². The number of rotatable bonds is 3. The maximum atomic E-state index is 13.5. The van der Waals surface area contributed by atoms with Crippen molar-refractivity contribution in [2.24, 2.45) is 10.8 Å². The Morgan fingerprint density at radius 3 is 2.23 bits per heavy atom. The van der Waals surface area contributed by atoms with Gasteiger partial charge in [0.25, 0.3) is 0 Å². The molecule has 4 heterocycles. The first kappa shape index (κ1) is 26.8. The van der Waals surface area contributed by atoms with E-state index >= 15 is 0 Å². The van der Waals surface area contributed by atoms with Crippen LogP contribution in [-0.2, 0) is 16.1 Å². The molecule has 0 saturated carbocycles. The van der Waals surface area contributed by atoms with E-state index in [0.29, 0.717) is 13.1 Å². The number of carbonyl (C=O) groups is 3. The molecule has 1 N–H and O–H groups in total. The van der Waals surface area contributed by atoms with E-state index in [-0.39, 0.29) is 17.4 Å². The summed E-state index contributed by atoms with van der Waals surface area (Å²) in [5.41, 5.74) is 0.679. The van der Waals surface area contributed by atoms with Crippen molar-refractivity contribution in [3.05, 3.63) is 24.2 Å². The number of urea groups is 1. The summed E-state index contributed by atoms with van der Waals surface area (Å²) >= 11 is 0. The van der Waals surface area contributed by atoms with Crippen LogP contribution in [0.15, 0.2) is 23.0 Å². The van der Waals surface area contributed by atoms with Gasteiger partial charge in [0.2, 0.25) is 5.91 Å². The molecular weight excluding hydrogens is 469 g/mol. The lowest BCUT2D eigenvalue weighted by molar-refractivity contribution is -0.192. The Bertz CT molecular complexity index is 913. The number of carboxylic acid groups (broad SMARTS) is 1. The molecule has 1 aromatic heterocycles. The number of amides is 3. The topological polar surface area (TPSA) is 97.5 Å². The van der Waals surface area contributed by atoms with E-state index in [9.17, 15) is 22.8 Å². The molecule has 4 rings (SSSR count). The molecule has 3 fully saturated rings. The Labute approximate surface area is 202 Å². The predicted molar refractivity (Wildman–Crippen MR) is 119 cm³/mol. The molecule has 3 saturated heterocycles. The van der Waals surface area contributed by atoms with Gasteiger partial charge in [0.15, 0.2) is 0 Å². The van der Waals surface area contributed by atoms with Crippen LogP contribution >= 0.6 is 0 Å². The number of fused-ring (bicyclic) bond motifs is 1. The van der Waals surface area contributed by atoms with Crippen LogP contribution in [0.2, 0.25) is 0 Å². The van der Waals surface area contributed by atoms with Crippen LogP contribution in [-0.4, -0.2) is 102 Å². The average Bonchev–Trinajstić information content (AvgIpc) is 3.49. The summed E-state index contributed by atoms with van der Waals surface area (Å²) in [6, 6.07) is 2.04. The summed E-state index contributed by atoms with van der Waals surface area (Å²) in [6.45, 7) is 7.69. The maximum absolute atomic E-state index is 13.5. The summed E-state index contributed by atoms with van der Waals surface area (Å²) in [6.07, 6.45) is 1.24. The van der Waals surface area contributed by atoms with Gasteiger partial charge in [0.1, 0.15) is 0 Å². The van der Waals surface area contributed by atoms with Gasteiger partial charge in [-0.3, -0.25) is 9.69 Å². The Morgan fingerprint density at radius 1 is 1.14 bits per heavy atom. The van der Waals surface area contributed by atoms with Gasteiger partial charge in [-0.15, -0.1) is 0 Å². The summed E-state index contributed by atoms with van der Waals surface area (Å²) in [5, 5.41) is 7.12. The number of likely N-dealkylation sites (tertiary alicyclic amines) is 3. The van der Waals surface area contributed by atoms with Gasteiger partial charge in [0, 0.05) is 57.8 Å². The zero-order valence-corrected chi connectivity index (χ0v) is 20.3. The van der Waals surface area contributed by atoms with Crippen molar-refractivity contribution < 1.29 is 37.1 Å². The first-order valence-electron chi connectivity index (χ1n) is 11.6. The standard InChI is InChI=1S/C21H32N4O3.C2HF3O2/c1-4-24-11-8-21(18(24)26)16-25(19(27)22(2)3)15-20(21)6-9-23(10-7-20)13-17-5-12-28-14-17;3-2(4,5)1(6)7/h5,12,14H,4,6-11,13,15-16H2,1-3H3;(H,6,7). The second-order valence-electron chi connectivity index (χ2n) is 9.74. The van der Waals surface area contributed by atoms with E-state index < -0.39 is 17.6 Å². The van der Waals surface area contributed by atoms with Gasteiger partial charge in [-0.2, -0.15) is 13.2 Å². The molecule has 2 spiro atoms. The first-order chi connectivity index (χ1) is 16.3.